The van der Waals surface area contributed by atoms with Gasteiger partial charge in [-0.2, -0.15) is 13.2 Å². The lowest BCUT2D eigenvalue weighted by molar-refractivity contribution is -0.150. The van der Waals surface area contributed by atoms with Crippen LogP contribution in [0.2, 0.25) is 0 Å². The van der Waals surface area contributed by atoms with E-state index in [4.69, 9.17) is 0 Å². The molecule has 5 heteroatoms. The highest BCUT2D eigenvalue weighted by Gasteiger charge is 2.32. The molecule has 0 aliphatic heterocycles. The van der Waals surface area contributed by atoms with Gasteiger partial charge < -0.3 is 5.32 Å². The van der Waals surface area contributed by atoms with Crippen molar-refractivity contribution in [3.8, 4) is 0 Å². The third-order valence-corrected chi connectivity index (χ3v) is 2.91. The van der Waals surface area contributed by atoms with Crippen molar-refractivity contribution in [1.82, 2.24) is 10.2 Å². The van der Waals surface area contributed by atoms with E-state index in [0.717, 1.165) is 25.8 Å². The predicted octanol–water partition coefficient (Wildman–Crippen LogP) is 3.43. The highest BCUT2D eigenvalue weighted by Crippen LogP contribution is 2.18. The Labute approximate surface area is 109 Å². The molecule has 0 aromatic heterocycles. The van der Waals surface area contributed by atoms with Gasteiger partial charge in [-0.3, -0.25) is 4.90 Å². The van der Waals surface area contributed by atoms with Gasteiger partial charge in [0.2, 0.25) is 0 Å². The number of hydrogen-bond donors (Lipinski definition) is 1. The van der Waals surface area contributed by atoms with Crippen LogP contribution in [0.4, 0.5) is 13.2 Å². The van der Waals surface area contributed by atoms with Crippen LogP contribution in [0.5, 0.6) is 0 Å². The molecule has 110 valence electrons. The average Bonchev–Trinajstić information content (AvgIpc) is 2.26. The number of hydrogen-bond acceptors (Lipinski definition) is 2. The van der Waals surface area contributed by atoms with Gasteiger partial charge >= 0.3 is 6.18 Å². The fourth-order valence-electron chi connectivity index (χ4n) is 1.91. The van der Waals surface area contributed by atoms with E-state index in [0.29, 0.717) is 13.1 Å². The molecule has 0 bridgehead atoms. The van der Waals surface area contributed by atoms with Crippen molar-refractivity contribution in [3.63, 3.8) is 0 Å². The minimum absolute atomic E-state index is 0.0757. The summed E-state index contributed by atoms with van der Waals surface area (Å²) in [4.78, 5) is 1.51. The van der Waals surface area contributed by atoms with Crippen LogP contribution in [-0.2, 0) is 0 Å². The lowest BCUT2D eigenvalue weighted by atomic mass is 10.2. The van der Waals surface area contributed by atoms with E-state index in [-0.39, 0.29) is 6.04 Å². The molecule has 1 unspecified atom stereocenters. The summed E-state index contributed by atoms with van der Waals surface area (Å²) >= 11 is 0. The SMILES string of the molecule is CCCCCNCC(C)N(CCC)CC(F)(F)F. The van der Waals surface area contributed by atoms with Crippen molar-refractivity contribution in [1.29, 1.82) is 0 Å². The van der Waals surface area contributed by atoms with Gasteiger partial charge in [0.25, 0.3) is 0 Å². The van der Waals surface area contributed by atoms with E-state index in [9.17, 15) is 13.2 Å². The topological polar surface area (TPSA) is 15.3 Å². The van der Waals surface area contributed by atoms with Crippen LogP contribution in [0.15, 0.2) is 0 Å². The van der Waals surface area contributed by atoms with Crippen molar-refractivity contribution in [2.24, 2.45) is 0 Å². The lowest BCUT2D eigenvalue weighted by Gasteiger charge is -2.29. The summed E-state index contributed by atoms with van der Waals surface area (Å²) < 4.78 is 37.2. The minimum Gasteiger partial charge on any atom is -0.315 e. The third-order valence-electron chi connectivity index (χ3n) is 2.91. The van der Waals surface area contributed by atoms with E-state index in [1.165, 1.54) is 11.3 Å². The van der Waals surface area contributed by atoms with E-state index < -0.39 is 12.7 Å². The Morgan fingerprint density at radius 1 is 1.11 bits per heavy atom. The molecule has 0 radical (unpaired) electrons. The Kier molecular flexibility index (Phi) is 9.46. The van der Waals surface area contributed by atoms with Crippen molar-refractivity contribution < 1.29 is 13.2 Å². The van der Waals surface area contributed by atoms with Crippen LogP contribution in [0.25, 0.3) is 0 Å². The van der Waals surface area contributed by atoms with Crippen LogP contribution < -0.4 is 5.32 Å². The zero-order valence-electron chi connectivity index (χ0n) is 11.8. The second kappa shape index (κ2) is 9.62. The Hall–Kier alpha value is -0.290. The van der Waals surface area contributed by atoms with Crippen molar-refractivity contribution >= 4 is 0 Å². The molecule has 0 rings (SSSR count). The van der Waals surface area contributed by atoms with Gasteiger partial charge in [-0.05, 0) is 32.9 Å². The normalized spacial score (nSPS) is 14.2. The molecular formula is C13H27F3N2. The van der Waals surface area contributed by atoms with Crippen LogP contribution in [0.3, 0.4) is 0 Å². The van der Waals surface area contributed by atoms with Gasteiger partial charge in [0.05, 0.1) is 6.54 Å². The first-order valence-corrected chi connectivity index (χ1v) is 6.92. The standard InChI is InChI=1S/C13H27F3N2/c1-4-6-7-8-17-10-12(3)18(9-5-2)11-13(14,15)16/h12,17H,4-11H2,1-3H3. The van der Waals surface area contributed by atoms with Crippen LogP contribution >= 0.6 is 0 Å². The van der Waals surface area contributed by atoms with E-state index in [1.54, 1.807) is 0 Å². The quantitative estimate of drug-likeness (QED) is 0.611. The summed E-state index contributed by atoms with van der Waals surface area (Å²) in [6, 6.07) is -0.0757. The number of nitrogens with zero attached hydrogens (tertiary/aromatic N) is 1. The van der Waals surface area contributed by atoms with E-state index in [2.05, 4.69) is 12.2 Å². The van der Waals surface area contributed by atoms with Gasteiger partial charge in [-0.25, -0.2) is 0 Å². The highest BCUT2D eigenvalue weighted by atomic mass is 19.4. The van der Waals surface area contributed by atoms with Crippen molar-refractivity contribution in [2.75, 3.05) is 26.2 Å². The summed E-state index contributed by atoms with van der Waals surface area (Å²) in [5.74, 6) is 0. The molecule has 0 amide bonds. The lowest BCUT2D eigenvalue weighted by Crippen LogP contribution is -2.45. The molecule has 0 aliphatic carbocycles. The number of halogens is 3. The number of nitrogens with one attached hydrogen (secondary N) is 1. The molecule has 1 atom stereocenters. The maximum atomic E-state index is 12.4. The monoisotopic (exact) mass is 268 g/mol. The Bertz CT molecular complexity index is 195. The van der Waals surface area contributed by atoms with E-state index in [1.807, 2.05) is 13.8 Å². The molecule has 0 aliphatic rings. The molecule has 0 aromatic carbocycles. The largest absolute Gasteiger partial charge is 0.401 e. The zero-order valence-corrected chi connectivity index (χ0v) is 11.8. The summed E-state index contributed by atoms with van der Waals surface area (Å²) in [7, 11) is 0. The smallest absolute Gasteiger partial charge is 0.315 e. The molecule has 0 fully saturated rings. The van der Waals surface area contributed by atoms with Crippen LogP contribution in [0, 0.1) is 0 Å². The van der Waals surface area contributed by atoms with Gasteiger partial charge in [0, 0.05) is 12.6 Å². The Morgan fingerprint density at radius 3 is 2.28 bits per heavy atom. The second-order valence-corrected chi connectivity index (χ2v) is 4.85. The van der Waals surface area contributed by atoms with Gasteiger partial charge in [0.15, 0.2) is 0 Å². The zero-order chi connectivity index (χ0) is 14.0. The molecule has 0 saturated carbocycles. The third kappa shape index (κ3) is 9.71. The Balaban J connectivity index is 3.94. The maximum Gasteiger partial charge on any atom is 0.401 e. The fraction of sp³-hybridized carbons (Fsp3) is 1.00. The molecule has 0 spiro atoms. The minimum atomic E-state index is -4.11. The van der Waals surface area contributed by atoms with Crippen LogP contribution in [0.1, 0.15) is 46.5 Å². The predicted molar refractivity (Wildman–Crippen MR) is 69.8 cm³/mol. The summed E-state index contributed by atoms with van der Waals surface area (Å²) in [5.41, 5.74) is 0. The summed E-state index contributed by atoms with van der Waals surface area (Å²) in [6.45, 7) is 7.11. The molecular weight excluding hydrogens is 241 g/mol. The molecule has 1 N–H and O–H groups in total. The number of alkyl halides is 3. The molecule has 0 aromatic rings. The molecule has 2 nitrogen and oxygen atoms in total. The number of unbranched alkanes of at least 4 members (excludes halogenated alkanes) is 2. The fourth-order valence-corrected chi connectivity index (χ4v) is 1.91. The molecule has 0 heterocycles. The van der Waals surface area contributed by atoms with Gasteiger partial charge in [-0.1, -0.05) is 26.7 Å². The first kappa shape index (κ1) is 17.7. The summed E-state index contributed by atoms with van der Waals surface area (Å²) in [6.07, 6.45) is 0.0635. The van der Waals surface area contributed by atoms with Gasteiger partial charge in [-0.15, -0.1) is 0 Å². The summed E-state index contributed by atoms with van der Waals surface area (Å²) in [5, 5.41) is 3.24. The van der Waals surface area contributed by atoms with E-state index >= 15 is 0 Å². The van der Waals surface area contributed by atoms with Crippen LogP contribution in [-0.4, -0.2) is 43.3 Å². The molecule has 0 saturated heterocycles. The molecule has 18 heavy (non-hydrogen) atoms. The average molecular weight is 268 g/mol. The highest BCUT2D eigenvalue weighted by molar-refractivity contribution is 4.72. The number of rotatable bonds is 10. The first-order valence-electron chi connectivity index (χ1n) is 6.92. The maximum absolute atomic E-state index is 12.4. The first-order chi connectivity index (χ1) is 8.40. The van der Waals surface area contributed by atoms with Crippen molar-refractivity contribution in [3.05, 3.63) is 0 Å². The second-order valence-electron chi connectivity index (χ2n) is 4.85. The van der Waals surface area contributed by atoms with Crippen molar-refractivity contribution in [2.45, 2.75) is 58.7 Å². The van der Waals surface area contributed by atoms with Gasteiger partial charge in [0.1, 0.15) is 0 Å². The Morgan fingerprint density at radius 2 is 1.78 bits per heavy atom.